The van der Waals surface area contributed by atoms with Crippen molar-refractivity contribution in [3.8, 4) is 5.75 Å². The average molecular weight is 281 g/mol. The van der Waals surface area contributed by atoms with Crippen LogP contribution >= 0.6 is 0 Å². The third kappa shape index (κ3) is 2.45. The molecule has 1 atom stereocenters. The van der Waals surface area contributed by atoms with Crippen LogP contribution in [0.1, 0.15) is 24.1 Å². The molecule has 1 aliphatic heterocycles. The molecule has 0 aliphatic carbocycles. The van der Waals surface area contributed by atoms with Gasteiger partial charge in [-0.2, -0.15) is 0 Å². The van der Waals surface area contributed by atoms with E-state index in [9.17, 15) is 9.90 Å². The minimum atomic E-state index is -0.348. The first kappa shape index (κ1) is 13.2. The topological polar surface area (TPSA) is 65.5 Å². The number of aromatic hydroxyl groups is 1. The molecular weight excluding hydrogens is 266 g/mol. The quantitative estimate of drug-likeness (QED) is 0.886. The van der Waals surface area contributed by atoms with Crippen LogP contribution in [-0.4, -0.2) is 21.0 Å². The van der Waals surface area contributed by atoms with Crippen molar-refractivity contribution in [1.82, 2.24) is 15.4 Å². The maximum absolute atomic E-state index is 11.9. The zero-order valence-corrected chi connectivity index (χ0v) is 11.5. The highest BCUT2D eigenvalue weighted by molar-refractivity contribution is 5.79. The van der Waals surface area contributed by atoms with E-state index in [1.165, 1.54) is 11.9 Å². The van der Waals surface area contributed by atoms with Crippen LogP contribution in [0.2, 0.25) is 0 Å². The Labute approximate surface area is 122 Å². The molecule has 1 aliphatic rings. The van der Waals surface area contributed by atoms with E-state index in [-0.39, 0.29) is 17.7 Å². The molecule has 0 saturated carbocycles. The Morgan fingerprint density at radius 2 is 2.10 bits per heavy atom. The van der Waals surface area contributed by atoms with E-state index in [1.807, 2.05) is 24.3 Å². The summed E-state index contributed by atoms with van der Waals surface area (Å²) >= 11 is 0. The van der Waals surface area contributed by atoms with E-state index in [2.05, 4.69) is 10.4 Å². The van der Waals surface area contributed by atoms with E-state index >= 15 is 0 Å². The highest BCUT2D eigenvalue weighted by Gasteiger charge is 2.30. The van der Waals surface area contributed by atoms with Crippen molar-refractivity contribution in [2.75, 3.05) is 0 Å². The number of pyridine rings is 1. The van der Waals surface area contributed by atoms with Crippen LogP contribution < -0.4 is 5.43 Å². The summed E-state index contributed by atoms with van der Waals surface area (Å²) < 4.78 is 0. The van der Waals surface area contributed by atoms with Gasteiger partial charge in [0.15, 0.2) is 0 Å². The number of benzene rings is 1. The van der Waals surface area contributed by atoms with E-state index in [0.29, 0.717) is 5.56 Å². The van der Waals surface area contributed by atoms with Crippen LogP contribution in [0.5, 0.6) is 5.75 Å². The Hall–Kier alpha value is -2.82. The van der Waals surface area contributed by atoms with E-state index in [4.69, 9.17) is 0 Å². The molecule has 2 heterocycles. The second kappa shape index (κ2) is 5.28. The summed E-state index contributed by atoms with van der Waals surface area (Å²) in [6.45, 7) is 1.49. The van der Waals surface area contributed by atoms with Gasteiger partial charge in [-0.1, -0.05) is 18.2 Å². The molecule has 5 nitrogen and oxygen atoms in total. The van der Waals surface area contributed by atoms with Crippen molar-refractivity contribution in [2.45, 2.75) is 13.0 Å². The van der Waals surface area contributed by atoms with Gasteiger partial charge < -0.3 is 5.11 Å². The minimum absolute atomic E-state index is 0.126. The Kier molecular flexibility index (Phi) is 3.31. The SMILES string of the molecule is CC(=O)N1NC(c2cccnc2)=C[C@H]1c1ccccc1O. The Morgan fingerprint density at radius 3 is 2.76 bits per heavy atom. The summed E-state index contributed by atoms with van der Waals surface area (Å²) in [5, 5.41) is 11.5. The fourth-order valence-electron chi connectivity index (χ4n) is 2.39. The number of carbonyl (C=O) groups excluding carboxylic acids is 1. The number of phenolic OH excluding ortho intramolecular Hbond substituents is 1. The van der Waals surface area contributed by atoms with Crippen molar-refractivity contribution < 1.29 is 9.90 Å². The van der Waals surface area contributed by atoms with Crippen LogP contribution in [-0.2, 0) is 4.79 Å². The molecule has 0 radical (unpaired) electrons. The molecule has 1 aromatic carbocycles. The molecular formula is C16H15N3O2. The van der Waals surface area contributed by atoms with E-state index < -0.39 is 0 Å². The first-order valence-electron chi connectivity index (χ1n) is 6.63. The molecule has 21 heavy (non-hydrogen) atoms. The predicted octanol–water partition coefficient (Wildman–Crippen LogP) is 2.24. The number of para-hydroxylation sites is 1. The number of hydrazine groups is 1. The fraction of sp³-hybridized carbons (Fsp3) is 0.125. The predicted molar refractivity (Wildman–Crippen MR) is 78.7 cm³/mol. The lowest BCUT2D eigenvalue weighted by atomic mass is 10.0. The maximum Gasteiger partial charge on any atom is 0.238 e. The summed E-state index contributed by atoms with van der Waals surface area (Å²) in [7, 11) is 0. The molecule has 1 aromatic heterocycles. The third-order valence-corrected chi connectivity index (χ3v) is 3.41. The van der Waals surface area contributed by atoms with Crippen molar-refractivity contribution >= 4 is 11.6 Å². The zero-order valence-electron chi connectivity index (χ0n) is 11.5. The van der Waals surface area contributed by atoms with Gasteiger partial charge in [-0.25, -0.2) is 5.01 Å². The lowest BCUT2D eigenvalue weighted by Gasteiger charge is -2.24. The van der Waals surface area contributed by atoms with Crippen molar-refractivity contribution in [2.24, 2.45) is 0 Å². The number of hydrogen-bond donors (Lipinski definition) is 2. The van der Waals surface area contributed by atoms with Gasteiger partial charge in [-0.15, -0.1) is 0 Å². The molecule has 1 amide bonds. The van der Waals surface area contributed by atoms with Gasteiger partial charge >= 0.3 is 0 Å². The third-order valence-electron chi connectivity index (χ3n) is 3.41. The summed E-state index contributed by atoms with van der Waals surface area (Å²) in [4.78, 5) is 15.9. The summed E-state index contributed by atoms with van der Waals surface area (Å²) in [6, 6.07) is 10.4. The summed E-state index contributed by atoms with van der Waals surface area (Å²) in [5.74, 6) is 0.0395. The number of rotatable bonds is 2. The lowest BCUT2D eigenvalue weighted by Crippen LogP contribution is -2.37. The first-order chi connectivity index (χ1) is 10.2. The highest BCUT2D eigenvalue weighted by Crippen LogP contribution is 2.35. The Bertz CT molecular complexity index is 698. The zero-order chi connectivity index (χ0) is 14.8. The molecule has 2 N–H and O–H groups in total. The molecule has 0 spiro atoms. The molecule has 5 heteroatoms. The van der Waals surface area contributed by atoms with Gasteiger partial charge in [-0.3, -0.25) is 15.2 Å². The lowest BCUT2D eigenvalue weighted by molar-refractivity contribution is -0.132. The normalized spacial score (nSPS) is 17.3. The molecule has 0 fully saturated rings. The maximum atomic E-state index is 11.9. The Morgan fingerprint density at radius 1 is 1.29 bits per heavy atom. The number of nitrogens with zero attached hydrogens (tertiary/aromatic N) is 2. The second-order valence-electron chi connectivity index (χ2n) is 4.83. The van der Waals surface area contributed by atoms with Crippen LogP contribution in [0, 0.1) is 0 Å². The number of hydrogen-bond acceptors (Lipinski definition) is 4. The van der Waals surface area contributed by atoms with Crippen LogP contribution in [0.4, 0.5) is 0 Å². The molecule has 106 valence electrons. The smallest absolute Gasteiger partial charge is 0.238 e. The molecule has 0 bridgehead atoms. The minimum Gasteiger partial charge on any atom is -0.508 e. The number of aromatic nitrogens is 1. The number of carbonyl (C=O) groups is 1. The summed E-state index contributed by atoms with van der Waals surface area (Å²) in [6.07, 6.45) is 5.33. The fourth-order valence-corrected chi connectivity index (χ4v) is 2.39. The van der Waals surface area contributed by atoms with Gasteiger partial charge in [-0.05, 0) is 24.3 Å². The monoisotopic (exact) mass is 281 g/mol. The average Bonchev–Trinajstić information content (AvgIpc) is 2.94. The van der Waals surface area contributed by atoms with Gasteiger partial charge in [0.05, 0.1) is 5.70 Å². The Balaban J connectivity index is 2.02. The van der Waals surface area contributed by atoms with Crippen molar-refractivity contribution in [3.05, 3.63) is 66.0 Å². The number of phenols is 1. The first-order valence-corrected chi connectivity index (χ1v) is 6.63. The van der Waals surface area contributed by atoms with Crippen LogP contribution in [0.25, 0.3) is 5.70 Å². The van der Waals surface area contributed by atoms with E-state index in [1.54, 1.807) is 30.6 Å². The van der Waals surface area contributed by atoms with E-state index in [0.717, 1.165) is 11.3 Å². The number of nitrogens with one attached hydrogen (secondary N) is 1. The van der Waals surface area contributed by atoms with Crippen molar-refractivity contribution in [3.63, 3.8) is 0 Å². The largest absolute Gasteiger partial charge is 0.508 e. The van der Waals surface area contributed by atoms with Gasteiger partial charge in [0.1, 0.15) is 11.8 Å². The van der Waals surface area contributed by atoms with Gasteiger partial charge in [0.2, 0.25) is 5.91 Å². The molecule has 3 rings (SSSR count). The van der Waals surface area contributed by atoms with Crippen molar-refractivity contribution in [1.29, 1.82) is 0 Å². The number of amides is 1. The van der Waals surface area contributed by atoms with Crippen LogP contribution in [0.3, 0.4) is 0 Å². The standard InChI is InChI=1S/C16H15N3O2/c1-11(20)19-15(13-6-2-3-7-16(13)21)9-14(18-19)12-5-4-8-17-10-12/h2-10,15,18,21H,1H3/t15-/m0/s1. The van der Waals surface area contributed by atoms with Gasteiger partial charge in [0, 0.05) is 30.4 Å². The molecule has 0 saturated heterocycles. The summed E-state index contributed by atoms with van der Waals surface area (Å²) in [5.41, 5.74) is 5.44. The molecule has 2 aromatic rings. The highest BCUT2D eigenvalue weighted by atomic mass is 16.3. The second-order valence-corrected chi connectivity index (χ2v) is 4.83. The molecule has 0 unspecified atom stereocenters. The van der Waals surface area contributed by atoms with Gasteiger partial charge in [0.25, 0.3) is 0 Å². The van der Waals surface area contributed by atoms with Crippen LogP contribution in [0.15, 0.2) is 54.9 Å².